The van der Waals surface area contributed by atoms with Crippen molar-refractivity contribution in [3.63, 3.8) is 0 Å². The fraction of sp³-hybridized carbons (Fsp3) is 0.480. The summed E-state index contributed by atoms with van der Waals surface area (Å²) < 4.78 is 5.80. The molecule has 19 heteroatoms. The Morgan fingerprint density at radius 2 is 1.59 bits per heavy atom. The molecule has 1 saturated carbocycles. The Kier molecular flexibility index (Phi) is 6.66. The van der Waals surface area contributed by atoms with Gasteiger partial charge in [0.1, 0.15) is 47.7 Å². The number of carbonyl (C=O) groups is 3. The lowest BCUT2D eigenvalue weighted by Crippen LogP contribution is -2.83. The molecule has 4 aliphatic rings. The summed E-state index contributed by atoms with van der Waals surface area (Å²) in [6, 6.07) is 4.11. The van der Waals surface area contributed by atoms with Crippen molar-refractivity contribution in [2.75, 3.05) is 22.1 Å². The Morgan fingerprint density at radius 3 is 2.23 bits per heavy atom. The number of piperidine rings is 1. The highest BCUT2D eigenvalue weighted by atomic mass is 79.9. The molecule has 2 aromatic rings. The average molecular weight is 684 g/mol. The Hall–Kier alpha value is -3.69. The first-order valence-corrected chi connectivity index (χ1v) is 13.9. The minimum absolute atomic E-state index is 0.0188. The van der Waals surface area contributed by atoms with Gasteiger partial charge >= 0.3 is 11.7 Å². The molecule has 0 radical (unpaired) electrons. The third kappa shape index (κ3) is 3.68. The molecule has 10 atom stereocenters. The third-order valence-electron chi connectivity index (χ3n) is 8.91. The highest BCUT2D eigenvalue weighted by Crippen LogP contribution is 2.59. The second-order valence-corrected chi connectivity index (χ2v) is 12.2. The van der Waals surface area contributed by atoms with Gasteiger partial charge in [-0.2, -0.15) is 0 Å². The highest BCUT2D eigenvalue weighted by Gasteiger charge is 2.79. The average Bonchev–Trinajstić information content (AvgIpc) is 3.23. The van der Waals surface area contributed by atoms with Gasteiger partial charge in [-0.25, -0.2) is 4.79 Å². The van der Waals surface area contributed by atoms with Gasteiger partial charge in [-0.3, -0.25) is 34.0 Å². The molecular formula is C25H26BrN5O13. The number of hydrogen-bond donors (Lipinski definition) is 11. The molecule has 236 valence electrons. The largest absolute Gasteiger partial charge is 0.456 e. The maximum absolute atomic E-state index is 14.3. The van der Waals surface area contributed by atoms with E-state index in [4.69, 9.17) is 4.74 Å². The van der Waals surface area contributed by atoms with Gasteiger partial charge in [0.05, 0.1) is 6.54 Å². The van der Waals surface area contributed by atoms with Crippen molar-refractivity contribution in [3.05, 3.63) is 49.1 Å². The van der Waals surface area contributed by atoms with Crippen molar-refractivity contribution in [1.29, 1.82) is 0 Å². The number of esters is 1. The lowest BCUT2D eigenvalue weighted by Gasteiger charge is -2.59. The van der Waals surface area contributed by atoms with Crippen LogP contribution in [0.25, 0.3) is 0 Å². The van der Waals surface area contributed by atoms with Crippen molar-refractivity contribution in [2.45, 2.75) is 60.3 Å². The Balaban J connectivity index is 1.60. The maximum atomic E-state index is 14.3. The van der Waals surface area contributed by atoms with Crippen LogP contribution < -0.4 is 26.8 Å². The van der Waals surface area contributed by atoms with E-state index in [0.29, 0.717) is 9.37 Å². The molecule has 2 fully saturated rings. The number of fused-ring (bicyclic) bond motifs is 5. The molecule has 3 aliphatic heterocycles. The fourth-order valence-corrected chi connectivity index (χ4v) is 7.18. The second kappa shape index (κ2) is 9.65. The van der Waals surface area contributed by atoms with Crippen LogP contribution in [-0.2, 0) is 24.5 Å². The lowest BCUT2D eigenvalue weighted by atomic mass is 9.54. The molecule has 1 aliphatic carbocycles. The van der Waals surface area contributed by atoms with E-state index >= 15 is 0 Å². The Morgan fingerprint density at radius 1 is 0.977 bits per heavy atom. The quantitative estimate of drug-likeness (QED) is 0.133. The number of β-amino-alcohol motifs (C(OH)–C–C–N with tert-alkyl or cyclic N) is 1. The first-order chi connectivity index (χ1) is 20.5. The number of benzene rings is 1. The number of rotatable bonds is 2. The zero-order chi connectivity index (χ0) is 32.3. The van der Waals surface area contributed by atoms with E-state index in [1.54, 1.807) is 0 Å². The molecule has 6 rings (SSSR count). The number of nitrogens with one attached hydrogen (secondary N) is 4. The van der Waals surface area contributed by atoms with Gasteiger partial charge in [-0.1, -0.05) is 22.0 Å². The topological polar surface area (TPSA) is 295 Å². The van der Waals surface area contributed by atoms with Crippen molar-refractivity contribution >= 4 is 50.9 Å². The Bertz CT molecular complexity index is 1710. The van der Waals surface area contributed by atoms with Crippen molar-refractivity contribution in [3.8, 4) is 0 Å². The van der Waals surface area contributed by atoms with Crippen molar-refractivity contribution in [2.24, 2.45) is 5.92 Å². The van der Waals surface area contributed by atoms with Crippen LogP contribution in [0.4, 0.5) is 17.2 Å². The first-order valence-electron chi connectivity index (χ1n) is 13.1. The summed E-state index contributed by atoms with van der Waals surface area (Å²) in [5.41, 5.74) is -11.7. The minimum atomic E-state index is -2.96. The second-order valence-electron chi connectivity index (χ2n) is 11.3. The number of anilines is 3. The smallest absolute Gasteiger partial charge is 0.327 e. The summed E-state index contributed by atoms with van der Waals surface area (Å²) in [6.07, 6.45) is -12.8. The van der Waals surface area contributed by atoms with E-state index < -0.39 is 101 Å². The van der Waals surface area contributed by atoms with Gasteiger partial charge < -0.3 is 51.1 Å². The number of ether oxygens (including phenoxy) is 1. The van der Waals surface area contributed by atoms with Crippen LogP contribution in [0, 0.1) is 5.92 Å². The lowest BCUT2D eigenvalue weighted by molar-refractivity contribution is -0.242. The van der Waals surface area contributed by atoms with E-state index in [0.717, 1.165) is 6.92 Å². The number of aliphatic hydroxyl groups excluding tert-OH is 5. The molecule has 1 aromatic heterocycles. The van der Waals surface area contributed by atoms with Gasteiger partial charge in [0, 0.05) is 10.2 Å². The van der Waals surface area contributed by atoms with Crippen LogP contribution in [0.1, 0.15) is 12.5 Å². The predicted octanol–water partition coefficient (Wildman–Crippen LogP) is -4.73. The molecule has 0 bridgehead atoms. The van der Waals surface area contributed by atoms with Crippen LogP contribution in [-0.4, -0.2) is 118 Å². The van der Waals surface area contributed by atoms with Gasteiger partial charge in [0.2, 0.25) is 5.91 Å². The van der Waals surface area contributed by atoms with Gasteiger partial charge in [-0.05, 0) is 24.6 Å². The zero-order valence-corrected chi connectivity index (χ0v) is 24.0. The summed E-state index contributed by atoms with van der Waals surface area (Å²) in [6.45, 7) is 0.0310. The highest BCUT2D eigenvalue weighted by molar-refractivity contribution is 9.10. The van der Waals surface area contributed by atoms with E-state index in [-0.39, 0.29) is 17.1 Å². The van der Waals surface area contributed by atoms with Crippen molar-refractivity contribution in [1.82, 2.24) is 9.97 Å². The van der Waals surface area contributed by atoms with Crippen LogP contribution in [0.3, 0.4) is 0 Å². The van der Waals surface area contributed by atoms with Crippen LogP contribution in [0.15, 0.2) is 32.3 Å². The minimum Gasteiger partial charge on any atom is -0.456 e. The number of amides is 2. The molecule has 4 heterocycles. The number of carbonyl (C=O) groups excluding carboxylic acids is 3. The molecule has 1 aromatic carbocycles. The van der Waals surface area contributed by atoms with E-state index in [1.165, 1.54) is 18.2 Å². The van der Waals surface area contributed by atoms with Crippen LogP contribution >= 0.6 is 15.9 Å². The molecule has 44 heavy (non-hydrogen) atoms. The molecule has 18 nitrogen and oxygen atoms in total. The molecule has 11 N–H and O–H groups in total. The number of halogens is 1. The molecule has 2 amide bonds. The van der Waals surface area contributed by atoms with Crippen molar-refractivity contribution < 1.29 is 54.9 Å². The third-order valence-corrected chi connectivity index (χ3v) is 9.40. The van der Waals surface area contributed by atoms with Crippen LogP contribution in [0.2, 0.25) is 0 Å². The standard InChI is InChI=1S/C25H26BrN5O13/c1-23(42)21(40)31-9-17(29-22(41)30-18(9)37)27-5-24(31,43)16(25(23)7-3-2-6(26)4-8(7)28-20(25)39)19(38)44-15-13(35)11(33)10(32)12(34)14(15)36/h2-4,10-16,32-36,42-43H,5H2,1H3,(H,28,39)(H3,27,29,30,37,41)/t10?,11-,12-,13-,14+,15?,16+,23-,24-,25-/m0/s1. The number of aliphatic hydroxyl groups is 7. The molecule has 2 unspecified atom stereocenters. The van der Waals surface area contributed by atoms with Gasteiger partial charge in [0.25, 0.3) is 11.5 Å². The fourth-order valence-electron chi connectivity index (χ4n) is 6.82. The molecule has 1 saturated heterocycles. The van der Waals surface area contributed by atoms with E-state index in [1.807, 2.05) is 4.98 Å². The first kappa shape index (κ1) is 30.3. The van der Waals surface area contributed by atoms with E-state index in [2.05, 4.69) is 31.5 Å². The van der Waals surface area contributed by atoms with Gasteiger partial charge in [0.15, 0.2) is 23.1 Å². The Labute approximate surface area is 253 Å². The number of aromatic nitrogens is 2. The SMILES string of the molecule is C[C@]1(O)C(=O)N2c3c([nH]c(=O)[nH]c3=O)NC[C@]2(O)[C@@H](C(=O)OC2[C@@H](O)[C@@H](O)C(O)[C@H](O)[C@H]2O)[C@@]12C(=O)Nc1cc(Br)ccc12. The normalized spacial score (nSPS) is 39.2. The maximum Gasteiger partial charge on any atom is 0.327 e. The van der Waals surface area contributed by atoms with Gasteiger partial charge in [-0.15, -0.1) is 0 Å². The van der Waals surface area contributed by atoms with Crippen LogP contribution in [0.5, 0.6) is 0 Å². The zero-order valence-electron chi connectivity index (χ0n) is 22.4. The van der Waals surface area contributed by atoms with E-state index in [9.17, 15) is 59.7 Å². The number of aromatic amines is 2. The molecule has 1 spiro atoms. The predicted molar refractivity (Wildman–Crippen MR) is 147 cm³/mol. The number of H-pyrrole nitrogens is 2. The summed E-state index contributed by atoms with van der Waals surface area (Å²) in [7, 11) is 0. The molecular weight excluding hydrogens is 658 g/mol. The summed E-state index contributed by atoms with van der Waals surface area (Å²) in [5, 5.41) is 80.9. The summed E-state index contributed by atoms with van der Waals surface area (Å²) in [4.78, 5) is 71.9. The number of hydrogen-bond acceptors (Lipinski definition) is 14. The number of nitrogens with zero attached hydrogens (tertiary/aromatic N) is 1. The summed E-state index contributed by atoms with van der Waals surface area (Å²) >= 11 is 3.24. The monoisotopic (exact) mass is 683 g/mol. The summed E-state index contributed by atoms with van der Waals surface area (Å²) in [5.74, 6) is -6.96.